The maximum Gasteiger partial charge on any atom is 0.217 e. The van der Waals surface area contributed by atoms with Crippen LogP contribution in [0.3, 0.4) is 0 Å². The van der Waals surface area contributed by atoms with Gasteiger partial charge < -0.3 is 25.5 Å². The fourth-order valence-electron chi connectivity index (χ4n) is 1.87. The van der Waals surface area contributed by atoms with E-state index in [-0.39, 0.29) is 12.0 Å². The SMILES string of the molecule is CC(=O)NCc1ccc(-c2csc(N=C(N)NCCOC(C)C)n2)o1. The number of nitrogens with two attached hydrogens (primary N) is 1. The van der Waals surface area contributed by atoms with Crippen LogP contribution in [0.2, 0.25) is 0 Å². The molecule has 0 unspecified atom stereocenters. The molecule has 0 aliphatic rings. The zero-order chi connectivity index (χ0) is 18.2. The van der Waals surface area contributed by atoms with Gasteiger partial charge in [0, 0.05) is 18.8 Å². The van der Waals surface area contributed by atoms with Crippen molar-refractivity contribution in [2.75, 3.05) is 13.2 Å². The summed E-state index contributed by atoms with van der Waals surface area (Å²) in [5.41, 5.74) is 6.50. The van der Waals surface area contributed by atoms with Gasteiger partial charge in [-0.1, -0.05) is 0 Å². The van der Waals surface area contributed by atoms with Crippen molar-refractivity contribution in [2.24, 2.45) is 10.7 Å². The molecule has 9 heteroatoms. The Balaban J connectivity index is 1.90. The lowest BCUT2D eigenvalue weighted by Crippen LogP contribution is -2.34. The highest BCUT2D eigenvalue weighted by Gasteiger charge is 2.09. The number of aliphatic imine (C=N–C) groups is 1. The number of guanidine groups is 1. The largest absolute Gasteiger partial charge is 0.458 e. The number of rotatable bonds is 8. The van der Waals surface area contributed by atoms with E-state index in [2.05, 4.69) is 20.6 Å². The molecule has 8 nitrogen and oxygen atoms in total. The van der Waals surface area contributed by atoms with Gasteiger partial charge in [-0.05, 0) is 26.0 Å². The second kappa shape index (κ2) is 9.19. The molecule has 0 spiro atoms. The van der Waals surface area contributed by atoms with E-state index in [0.717, 1.165) is 0 Å². The Hall–Kier alpha value is -2.39. The molecule has 0 atom stereocenters. The Morgan fingerprint density at radius 3 is 2.96 bits per heavy atom. The zero-order valence-corrected chi connectivity index (χ0v) is 15.4. The first kappa shape index (κ1) is 18.9. The number of hydrogen-bond acceptors (Lipinski definition) is 6. The second-order valence-electron chi connectivity index (χ2n) is 5.53. The highest BCUT2D eigenvalue weighted by atomic mass is 32.1. The van der Waals surface area contributed by atoms with Crippen LogP contribution in [0.5, 0.6) is 0 Å². The molecule has 0 saturated carbocycles. The number of ether oxygens (including phenoxy) is 1. The van der Waals surface area contributed by atoms with Crippen LogP contribution in [0.25, 0.3) is 11.5 Å². The minimum absolute atomic E-state index is 0.106. The van der Waals surface area contributed by atoms with Crippen molar-refractivity contribution in [1.82, 2.24) is 15.6 Å². The molecule has 25 heavy (non-hydrogen) atoms. The van der Waals surface area contributed by atoms with Crippen molar-refractivity contribution in [3.8, 4) is 11.5 Å². The fourth-order valence-corrected chi connectivity index (χ4v) is 2.56. The molecule has 2 aromatic heterocycles. The molecule has 2 aromatic rings. The zero-order valence-electron chi connectivity index (χ0n) is 14.5. The number of amides is 1. The highest BCUT2D eigenvalue weighted by molar-refractivity contribution is 7.13. The van der Waals surface area contributed by atoms with Crippen molar-refractivity contribution in [3.63, 3.8) is 0 Å². The second-order valence-corrected chi connectivity index (χ2v) is 6.37. The lowest BCUT2D eigenvalue weighted by atomic mass is 10.3. The molecule has 0 aromatic carbocycles. The lowest BCUT2D eigenvalue weighted by Gasteiger charge is -2.08. The monoisotopic (exact) mass is 365 g/mol. The van der Waals surface area contributed by atoms with Gasteiger partial charge in [-0.15, -0.1) is 11.3 Å². The Kier molecular flexibility index (Phi) is 6.96. The van der Waals surface area contributed by atoms with Crippen LogP contribution in [-0.4, -0.2) is 36.1 Å². The predicted octanol–water partition coefficient (Wildman–Crippen LogP) is 2.00. The average molecular weight is 365 g/mol. The summed E-state index contributed by atoms with van der Waals surface area (Å²) in [5, 5.41) is 8.03. The van der Waals surface area contributed by atoms with Crippen molar-refractivity contribution >= 4 is 28.3 Å². The van der Waals surface area contributed by atoms with Gasteiger partial charge in [-0.25, -0.2) is 4.98 Å². The van der Waals surface area contributed by atoms with Gasteiger partial charge in [0.1, 0.15) is 11.5 Å². The van der Waals surface area contributed by atoms with Gasteiger partial charge in [0.25, 0.3) is 0 Å². The van der Waals surface area contributed by atoms with Crippen LogP contribution in [0.15, 0.2) is 26.9 Å². The van der Waals surface area contributed by atoms with Gasteiger partial charge in [0.2, 0.25) is 11.0 Å². The first-order valence-electron chi connectivity index (χ1n) is 7.92. The van der Waals surface area contributed by atoms with Gasteiger partial charge in [-0.2, -0.15) is 4.99 Å². The van der Waals surface area contributed by atoms with Crippen LogP contribution < -0.4 is 16.4 Å². The maximum absolute atomic E-state index is 10.9. The Morgan fingerprint density at radius 1 is 1.44 bits per heavy atom. The first-order valence-corrected chi connectivity index (χ1v) is 8.80. The maximum atomic E-state index is 10.9. The van der Waals surface area contributed by atoms with Crippen LogP contribution >= 0.6 is 11.3 Å². The number of aromatic nitrogens is 1. The molecule has 0 aliphatic carbocycles. The number of carbonyl (C=O) groups is 1. The molecule has 2 rings (SSSR count). The summed E-state index contributed by atoms with van der Waals surface area (Å²) in [6.07, 6.45) is 0.185. The van der Waals surface area contributed by atoms with E-state index in [4.69, 9.17) is 14.9 Å². The smallest absolute Gasteiger partial charge is 0.217 e. The summed E-state index contributed by atoms with van der Waals surface area (Å²) < 4.78 is 11.1. The lowest BCUT2D eigenvalue weighted by molar-refractivity contribution is -0.119. The summed E-state index contributed by atoms with van der Waals surface area (Å²) in [7, 11) is 0. The van der Waals surface area contributed by atoms with E-state index in [9.17, 15) is 4.79 Å². The number of carbonyl (C=O) groups excluding carboxylic acids is 1. The normalized spacial score (nSPS) is 11.8. The summed E-state index contributed by atoms with van der Waals surface area (Å²) in [6.45, 7) is 6.90. The summed E-state index contributed by atoms with van der Waals surface area (Å²) in [6, 6.07) is 3.61. The summed E-state index contributed by atoms with van der Waals surface area (Å²) in [5.74, 6) is 1.47. The van der Waals surface area contributed by atoms with Gasteiger partial charge in [0.05, 0.1) is 19.3 Å². The molecule has 2 heterocycles. The Labute approximate surface area is 150 Å². The van der Waals surface area contributed by atoms with Gasteiger partial charge in [0.15, 0.2) is 11.7 Å². The molecular formula is C16H23N5O3S. The molecule has 0 fully saturated rings. The molecule has 1 amide bonds. The van der Waals surface area contributed by atoms with E-state index in [1.165, 1.54) is 18.3 Å². The number of nitrogens with one attached hydrogen (secondary N) is 2. The molecular weight excluding hydrogens is 342 g/mol. The van der Waals surface area contributed by atoms with E-state index in [1.807, 2.05) is 25.3 Å². The highest BCUT2D eigenvalue weighted by Crippen LogP contribution is 2.28. The number of nitrogens with zero attached hydrogens (tertiary/aromatic N) is 2. The van der Waals surface area contributed by atoms with Crippen molar-refractivity contribution in [1.29, 1.82) is 0 Å². The fraction of sp³-hybridized carbons (Fsp3) is 0.438. The van der Waals surface area contributed by atoms with Crippen LogP contribution in [-0.2, 0) is 16.1 Å². The number of thiazole rings is 1. The summed E-state index contributed by atoms with van der Waals surface area (Å²) >= 11 is 1.36. The third kappa shape index (κ3) is 6.55. The molecule has 4 N–H and O–H groups in total. The minimum Gasteiger partial charge on any atom is -0.458 e. The van der Waals surface area contributed by atoms with Crippen molar-refractivity contribution < 1.29 is 13.9 Å². The van der Waals surface area contributed by atoms with Crippen molar-refractivity contribution in [3.05, 3.63) is 23.3 Å². The third-order valence-electron chi connectivity index (χ3n) is 2.99. The Bertz CT molecular complexity index is 723. The van der Waals surface area contributed by atoms with Gasteiger partial charge in [-0.3, -0.25) is 4.79 Å². The van der Waals surface area contributed by atoms with Gasteiger partial charge >= 0.3 is 0 Å². The summed E-state index contributed by atoms with van der Waals surface area (Å²) in [4.78, 5) is 19.5. The average Bonchev–Trinajstić information content (AvgIpc) is 3.18. The van der Waals surface area contributed by atoms with Crippen LogP contribution in [0.1, 0.15) is 26.5 Å². The molecule has 136 valence electrons. The Morgan fingerprint density at radius 2 is 2.24 bits per heavy atom. The van der Waals surface area contributed by atoms with E-state index in [0.29, 0.717) is 48.0 Å². The van der Waals surface area contributed by atoms with E-state index in [1.54, 1.807) is 6.07 Å². The molecule has 0 saturated heterocycles. The van der Waals surface area contributed by atoms with Crippen LogP contribution in [0, 0.1) is 0 Å². The van der Waals surface area contributed by atoms with Crippen molar-refractivity contribution in [2.45, 2.75) is 33.4 Å². The van der Waals surface area contributed by atoms with E-state index < -0.39 is 0 Å². The number of furan rings is 1. The number of hydrogen-bond donors (Lipinski definition) is 3. The topological polar surface area (TPSA) is 115 Å². The van der Waals surface area contributed by atoms with E-state index >= 15 is 0 Å². The molecule has 0 bridgehead atoms. The predicted molar refractivity (Wildman–Crippen MR) is 97.7 cm³/mol. The standard InChI is InChI=1S/C16H23N5O3S/c1-10(2)23-7-6-18-15(17)21-16-20-13(9-25-16)14-5-4-12(24-14)8-19-11(3)22/h4-5,9-10H,6-8H2,1-3H3,(H,19,22)(H3,17,18,20,21). The quantitative estimate of drug-likeness (QED) is 0.374. The van der Waals surface area contributed by atoms with Crippen LogP contribution in [0.4, 0.5) is 5.13 Å². The first-order chi connectivity index (χ1) is 11.9. The molecule has 0 aliphatic heterocycles. The third-order valence-corrected chi connectivity index (χ3v) is 3.73. The molecule has 0 radical (unpaired) electrons. The minimum atomic E-state index is -0.106.